The van der Waals surface area contributed by atoms with Crippen LogP contribution in [-0.4, -0.2) is 10.2 Å². The van der Waals surface area contributed by atoms with Crippen LogP contribution in [0.2, 0.25) is 0 Å². The lowest BCUT2D eigenvalue weighted by Crippen LogP contribution is -2.10. The number of halogens is 1. The molecule has 0 aliphatic rings. The van der Waals surface area contributed by atoms with Gasteiger partial charge in [0.05, 0.1) is 0 Å². The molecule has 0 saturated carbocycles. The summed E-state index contributed by atoms with van der Waals surface area (Å²) in [5, 5.41) is 18.8. The molecule has 0 saturated heterocycles. The molecule has 21 heavy (non-hydrogen) atoms. The van der Waals surface area contributed by atoms with E-state index in [4.69, 9.17) is 0 Å². The molecule has 0 bridgehead atoms. The SMILES string of the molecule is CC[C@@H](c1ccc(O)cc1)[C@@H](CC)c1ccc(O)c(F)c1. The summed E-state index contributed by atoms with van der Waals surface area (Å²) < 4.78 is 13.6. The molecule has 3 heteroatoms. The van der Waals surface area contributed by atoms with Crippen molar-refractivity contribution < 1.29 is 14.6 Å². The first kappa shape index (κ1) is 15.4. The van der Waals surface area contributed by atoms with Gasteiger partial charge in [0, 0.05) is 0 Å². The predicted molar refractivity (Wildman–Crippen MR) is 82.2 cm³/mol. The van der Waals surface area contributed by atoms with Gasteiger partial charge in [0.15, 0.2) is 11.6 Å². The van der Waals surface area contributed by atoms with E-state index in [0.717, 1.165) is 24.0 Å². The van der Waals surface area contributed by atoms with Crippen LogP contribution in [0.5, 0.6) is 11.5 Å². The van der Waals surface area contributed by atoms with E-state index in [0.29, 0.717) is 0 Å². The molecule has 0 heterocycles. The van der Waals surface area contributed by atoms with Crippen LogP contribution in [0.25, 0.3) is 0 Å². The molecule has 0 aliphatic heterocycles. The van der Waals surface area contributed by atoms with Crippen LogP contribution in [0.4, 0.5) is 4.39 Å². The second-order valence-corrected chi connectivity index (χ2v) is 5.33. The minimum atomic E-state index is -0.577. The Labute approximate surface area is 124 Å². The van der Waals surface area contributed by atoms with E-state index < -0.39 is 5.82 Å². The molecule has 112 valence electrons. The van der Waals surface area contributed by atoms with Crippen LogP contribution in [0.15, 0.2) is 42.5 Å². The van der Waals surface area contributed by atoms with Crippen molar-refractivity contribution in [2.24, 2.45) is 0 Å². The Morgan fingerprint density at radius 3 is 1.90 bits per heavy atom. The summed E-state index contributed by atoms with van der Waals surface area (Å²) in [7, 11) is 0. The van der Waals surface area contributed by atoms with E-state index >= 15 is 0 Å². The molecule has 0 radical (unpaired) electrons. The highest BCUT2D eigenvalue weighted by molar-refractivity contribution is 5.35. The van der Waals surface area contributed by atoms with Gasteiger partial charge in [0.25, 0.3) is 0 Å². The Morgan fingerprint density at radius 1 is 0.857 bits per heavy atom. The van der Waals surface area contributed by atoms with E-state index in [9.17, 15) is 14.6 Å². The number of rotatable bonds is 5. The van der Waals surface area contributed by atoms with Crippen molar-refractivity contribution in [3.05, 3.63) is 59.4 Å². The van der Waals surface area contributed by atoms with Crippen LogP contribution >= 0.6 is 0 Å². The highest BCUT2D eigenvalue weighted by atomic mass is 19.1. The molecule has 2 atom stereocenters. The Hall–Kier alpha value is -2.03. The molecule has 2 N–H and O–H groups in total. The van der Waals surface area contributed by atoms with E-state index in [1.807, 2.05) is 12.1 Å². The van der Waals surface area contributed by atoms with Gasteiger partial charge in [-0.2, -0.15) is 0 Å². The fraction of sp³-hybridized carbons (Fsp3) is 0.333. The number of phenols is 2. The maximum atomic E-state index is 13.6. The molecule has 2 aromatic rings. The third kappa shape index (κ3) is 3.35. The summed E-state index contributed by atoms with van der Waals surface area (Å²) in [4.78, 5) is 0. The zero-order valence-electron chi connectivity index (χ0n) is 12.4. The Morgan fingerprint density at radius 2 is 1.38 bits per heavy atom. The Balaban J connectivity index is 2.36. The van der Waals surface area contributed by atoms with Gasteiger partial charge in [0.2, 0.25) is 0 Å². The number of phenolic OH excluding ortho intramolecular Hbond substituents is 2. The van der Waals surface area contributed by atoms with Crippen molar-refractivity contribution in [1.29, 1.82) is 0 Å². The van der Waals surface area contributed by atoms with Crippen molar-refractivity contribution in [3.63, 3.8) is 0 Å². The van der Waals surface area contributed by atoms with E-state index in [1.54, 1.807) is 18.2 Å². The van der Waals surface area contributed by atoms with Crippen molar-refractivity contribution in [2.75, 3.05) is 0 Å². The summed E-state index contributed by atoms with van der Waals surface area (Å²) in [6.07, 6.45) is 1.80. The molecule has 0 spiro atoms. The normalized spacial score (nSPS) is 13.9. The lowest BCUT2D eigenvalue weighted by molar-refractivity contribution is 0.429. The number of aromatic hydroxyl groups is 2. The number of benzene rings is 2. The largest absolute Gasteiger partial charge is 0.508 e. The van der Waals surface area contributed by atoms with Crippen molar-refractivity contribution >= 4 is 0 Å². The van der Waals surface area contributed by atoms with Gasteiger partial charge in [-0.3, -0.25) is 0 Å². The molecule has 2 aromatic carbocycles. The van der Waals surface area contributed by atoms with Crippen LogP contribution in [-0.2, 0) is 0 Å². The fourth-order valence-corrected chi connectivity index (χ4v) is 2.98. The standard InChI is InChI=1S/C18H21FO2/c1-3-15(12-5-8-14(20)9-6-12)16(4-2)13-7-10-18(21)17(19)11-13/h5-11,15-16,20-21H,3-4H2,1-2H3/t15-,16-/m0/s1. The average Bonchev–Trinajstić information content (AvgIpc) is 2.49. The van der Waals surface area contributed by atoms with Crippen molar-refractivity contribution in [1.82, 2.24) is 0 Å². The maximum Gasteiger partial charge on any atom is 0.165 e. The summed E-state index contributed by atoms with van der Waals surface area (Å²) in [5.41, 5.74) is 2.03. The lowest BCUT2D eigenvalue weighted by Gasteiger charge is -2.26. The van der Waals surface area contributed by atoms with Crippen LogP contribution in [0.1, 0.15) is 49.7 Å². The quantitative estimate of drug-likeness (QED) is 0.819. The molecule has 0 fully saturated rings. The maximum absolute atomic E-state index is 13.6. The average molecular weight is 288 g/mol. The molecule has 2 nitrogen and oxygen atoms in total. The van der Waals surface area contributed by atoms with Crippen LogP contribution < -0.4 is 0 Å². The first-order valence-corrected chi connectivity index (χ1v) is 7.34. The van der Waals surface area contributed by atoms with Gasteiger partial charge < -0.3 is 10.2 Å². The summed E-state index contributed by atoms with van der Waals surface area (Å²) in [6, 6.07) is 11.8. The molecule has 0 aromatic heterocycles. The smallest absolute Gasteiger partial charge is 0.165 e. The molecule has 0 unspecified atom stereocenters. The van der Waals surface area contributed by atoms with Crippen LogP contribution in [0.3, 0.4) is 0 Å². The second kappa shape index (κ2) is 6.61. The molecule has 2 rings (SSSR count). The highest BCUT2D eigenvalue weighted by Gasteiger charge is 2.22. The molecule has 0 aliphatic carbocycles. The van der Waals surface area contributed by atoms with Gasteiger partial charge in [-0.1, -0.05) is 32.0 Å². The van der Waals surface area contributed by atoms with Crippen molar-refractivity contribution in [2.45, 2.75) is 38.5 Å². The minimum absolute atomic E-state index is 0.176. The summed E-state index contributed by atoms with van der Waals surface area (Å²) in [6.45, 7) is 4.19. The Bertz CT molecular complexity index is 593. The van der Waals surface area contributed by atoms with Gasteiger partial charge in [-0.05, 0) is 60.1 Å². The van der Waals surface area contributed by atoms with Gasteiger partial charge in [-0.15, -0.1) is 0 Å². The fourth-order valence-electron chi connectivity index (χ4n) is 2.98. The molecular weight excluding hydrogens is 267 g/mol. The van der Waals surface area contributed by atoms with Crippen LogP contribution in [0, 0.1) is 5.82 Å². The summed E-state index contributed by atoms with van der Waals surface area (Å²) >= 11 is 0. The lowest BCUT2D eigenvalue weighted by atomic mass is 9.78. The first-order valence-electron chi connectivity index (χ1n) is 7.34. The van der Waals surface area contributed by atoms with E-state index in [2.05, 4.69) is 13.8 Å². The first-order chi connectivity index (χ1) is 10.1. The monoisotopic (exact) mass is 288 g/mol. The Kier molecular flexibility index (Phi) is 4.84. The molecule has 0 amide bonds. The number of hydrogen-bond acceptors (Lipinski definition) is 2. The zero-order valence-corrected chi connectivity index (χ0v) is 12.4. The van der Waals surface area contributed by atoms with Gasteiger partial charge in [-0.25, -0.2) is 4.39 Å². The molecular formula is C18H21FO2. The minimum Gasteiger partial charge on any atom is -0.508 e. The topological polar surface area (TPSA) is 40.5 Å². The second-order valence-electron chi connectivity index (χ2n) is 5.33. The predicted octanol–water partition coefficient (Wildman–Crippen LogP) is 4.92. The van der Waals surface area contributed by atoms with Gasteiger partial charge >= 0.3 is 0 Å². The van der Waals surface area contributed by atoms with E-state index in [-0.39, 0.29) is 23.3 Å². The summed E-state index contributed by atoms with van der Waals surface area (Å²) in [5.74, 6) is -0.218. The van der Waals surface area contributed by atoms with Gasteiger partial charge in [0.1, 0.15) is 5.75 Å². The van der Waals surface area contributed by atoms with E-state index in [1.165, 1.54) is 12.1 Å². The number of hydrogen-bond donors (Lipinski definition) is 2. The zero-order chi connectivity index (χ0) is 15.4. The highest BCUT2D eigenvalue weighted by Crippen LogP contribution is 2.39. The van der Waals surface area contributed by atoms with Crippen molar-refractivity contribution in [3.8, 4) is 11.5 Å². The third-order valence-electron chi connectivity index (χ3n) is 4.09. The third-order valence-corrected chi connectivity index (χ3v) is 4.09.